The highest BCUT2D eigenvalue weighted by Crippen LogP contribution is 2.22. The van der Waals surface area contributed by atoms with Gasteiger partial charge in [0.2, 0.25) is 0 Å². The highest BCUT2D eigenvalue weighted by atomic mass is 35.5. The van der Waals surface area contributed by atoms with Crippen molar-refractivity contribution in [3.63, 3.8) is 0 Å². The van der Waals surface area contributed by atoms with Crippen molar-refractivity contribution in [1.82, 2.24) is 10.9 Å². The molecule has 7 heteroatoms. The Morgan fingerprint density at radius 2 is 1.85 bits per heavy atom. The minimum Gasteiger partial charge on any atom is -0.483 e. The predicted octanol–water partition coefficient (Wildman–Crippen LogP) is 3.34. The first-order valence-electron chi connectivity index (χ1n) is 7.78. The lowest BCUT2D eigenvalue weighted by molar-refractivity contribution is -0.128. The van der Waals surface area contributed by atoms with E-state index in [1.54, 1.807) is 0 Å². The van der Waals surface area contributed by atoms with Gasteiger partial charge >= 0.3 is 0 Å². The van der Waals surface area contributed by atoms with Crippen LogP contribution in [0.25, 0.3) is 6.08 Å². The Morgan fingerprint density at radius 1 is 1.15 bits per heavy atom. The number of rotatable bonds is 5. The zero-order valence-corrected chi connectivity index (χ0v) is 15.1. The summed E-state index contributed by atoms with van der Waals surface area (Å²) in [6.07, 6.45) is 2.64. The van der Waals surface area contributed by atoms with Gasteiger partial charge in [-0.1, -0.05) is 35.9 Å². The molecule has 0 fully saturated rings. The van der Waals surface area contributed by atoms with Gasteiger partial charge in [0.15, 0.2) is 6.61 Å². The number of benzene rings is 2. The van der Waals surface area contributed by atoms with Crippen LogP contribution in [0.3, 0.4) is 0 Å². The molecule has 2 N–H and O–H groups in total. The lowest BCUT2D eigenvalue weighted by Crippen LogP contribution is -2.43. The molecule has 0 saturated heterocycles. The topological polar surface area (TPSA) is 67.4 Å². The Bertz CT molecular complexity index is 832. The van der Waals surface area contributed by atoms with Gasteiger partial charge in [0.05, 0.1) is 5.02 Å². The van der Waals surface area contributed by atoms with Crippen molar-refractivity contribution in [2.45, 2.75) is 13.8 Å². The van der Waals surface area contributed by atoms with Gasteiger partial charge in [0, 0.05) is 6.08 Å². The molecular formula is C19H18ClFN2O3. The fraction of sp³-hybridized carbons (Fsp3) is 0.158. The molecule has 0 aromatic heterocycles. The number of hydrogen-bond donors (Lipinski definition) is 2. The number of aryl methyl sites for hydroxylation is 2. The van der Waals surface area contributed by atoms with Gasteiger partial charge in [-0.2, -0.15) is 0 Å². The van der Waals surface area contributed by atoms with Crippen LogP contribution >= 0.6 is 11.6 Å². The molecule has 0 unspecified atom stereocenters. The van der Waals surface area contributed by atoms with Crippen molar-refractivity contribution in [3.8, 4) is 5.75 Å². The van der Waals surface area contributed by atoms with Gasteiger partial charge in [-0.25, -0.2) is 4.39 Å². The zero-order chi connectivity index (χ0) is 19.1. The number of amides is 2. The number of para-hydroxylation sites is 1. The van der Waals surface area contributed by atoms with Crippen LogP contribution in [-0.4, -0.2) is 18.4 Å². The molecule has 0 saturated carbocycles. The van der Waals surface area contributed by atoms with Crippen molar-refractivity contribution < 1.29 is 18.7 Å². The highest BCUT2D eigenvalue weighted by molar-refractivity contribution is 6.30. The fourth-order valence-electron chi connectivity index (χ4n) is 2.16. The summed E-state index contributed by atoms with van der Waals surface area (Å²) in [5.41, 5.74) is 6.87. The molecule has 0 aliphatic carbocycles. The second-order valence-electron chi connectivity index (χ2n) is 5.55. The summed E-state index contributed by atoms with van der Waals surface area (Å²) in [6, 6.07) is 9.73. The molecule has 2 amide bonds. The van der Waals surface area contributed by atoms with Gasteiger partial charge in [-0.15, -0.1) is 0 Å². The fourth-order valence-corrected chi connectivity index (χ4v) is 2.35. The Hall–Kier alpha value is -2.86. The summed E-state index contributed by atoms with van der Waals surface area (Å²) in [7, 11) is 0. The Morgan fingerprint density at radius 3 is 2.50 bits per heavy atom. The molecule has 0 bridgehead atoms. The van der Waals surface area contributed by atoms with E-state index in [9.17, 15) is 14.0 Å². The van der Waals surface area contributed by atoms with Crippen LogP contribution in [0.4, 0.5) is 4.39 Å². The first-order valence-corrected chi connectivity index (χ1v) is 8.15. The van der Waals surface area contributed by atoms with Gasteiger partial charge < -0.3 is 4.74 Å². The highest BCUT2D eigenvalue weighted by Gasteiger charge is 2.07. The number of carbonyl (C=O) groups is 2. The maximum atomic E-state index is 13.1. The number of ether oxygens (including phenoxy) is 1. The van der Waals surface area contributed by atoms with Crippen molar-refractivity contribution in [1.29, 1.82) is 0 Å². The van der Waals surface area contributed by atoms with Gasteiger partial charge in [-0.05, 0) is 48.7 Å². The Kier molecular flexibility index (Phi) is 6.74. The Labute approximate surface area is 155 Å². The normalized spacial score (nSPS) is 10.6. The molecule has 2 aromatic rings. The third kappa shape index (κ3) is 5.60. The molecule has 5 nitrogen and oxygen atoms in total. The average molecular weight is 377 g/mol. The van der Waals surface area contributed by atoms with Crippen LogP contribution in [0.5, 0.6) is 5.75 Å². The predicted molar refractivity (Wildman–Crippen MR) is 98.1 cm³/mol. The number of halogens is 2. The molecule has 2 rings (SSSR count). The summed E-state index contributed by atoms with van der Waals surface area (Å²) in [6.45, 7) is 3.53. The molecule has 136 valence electrons. The molecule has 0 spiro atoms. The molecule has 0 atom stereocenters. The second kappa shape index (κ2) is 9.01. The lowest BCUT2D eigenvalue weighted by Gasteiger charge is -2.11. The van der Waals surface area contributed by atoms with E-state index in [1.807, 2.05) is 32.0 Å². The van der Waals surface area contributed by atoms with E-state index in [4.69, 9.17) is 16.3 Å². The van der Waals surface area contributed by atoms with Crippen LogP contribution < -0.4 is 15.6 Å². The van der Waals surface area contributed by atoms with E-state index < -0.39 is 17.6 Å². The Balaban J connectivity index is 1.80. The molecule has 26 heavy (non-hydrogen) atoms. The summed E-state index contributed by atoms with van der Waals surface area (Å²) in [5, 5.41) is -0.0375. The molecule has 0 radical (unpaired) electrons. The standard InChI is InChI=1S/C19H18ClFN2O3/c1-12-4-3-5-13(2)19(12)26-11-18(25)23-22-17(24)9-7-14-6-8-16(21)15(20)10-14/h3-10H,11H2,1-2H3,(H,22,24)(H,23,25)/b9-7+. The molecule has 2 aromatic carbocycles. The summed E-state index contributed by atoms with van der Waals surface area (Å²) in [4.78, 5) is 23.5. The zero-order valence-electron chi connectivity index (χ0n) is 14.3. The first-order chi connectivity index (χ1) is 12.4. The monoisotopic (exact) mass is 376 g/mol. The minimum absolute atomic E-state index is 0.0375. The van der Waals surface area contributed by atoms with E-state index in [0.29, 0.717) is 11.3 Å². The third-order valence-electron chi connectivity index (χ3n) is 3.45. The maximum absolute atomic E-state index is 13.1. The van der Waals surface area contributed by atoms with Crippen molar-refractivity contribution in [2.24, 2.45) is 0 Å². The summed E-state index contributed by atoms with van der Waals surface area (Å²) >= 11 is 5.66. The molecule has 0 aliphatic rings. The van der Waals surface area contributed by atoms with Crippen LogP contribution in [0, 0.1) is 19.7 Å². The quantitative estimate of drug-likeness (QED) is 0.621. The van der Waals surface area contributed by atoms with Crippen LogP contribution in [0.2, 0.25) is 5.02 Å². The summed E-state index contributed by atoms with van der Waals surface area (Å²) in [5.74, 6) is -0.948. The number of nitrogens with one attached hydrogen (secondary N) is 2. The van der Waals surface area contributed by atoms with Crippen LogP contribution in [0.15, 0.2) is 42.5 Å². The van der Waals surface area contributed by atoms with Crippen LogP contribution in [0.1, 0.15) is 16.7 Å². The number of carbonyl (C=O) groups excluding carboxylic acids is 2. The molecule has 0 aliphatic heterocycles. The van der Waals surface area contributed by atoms with E-state index in [0.717, 1.165) is 11.1 Å². The first kappa shape index (κ1) is 19.5. The second-order valence-corrected chi connectivity index (χ2v) is 5.96. The van der Waals surface area contributed by atoms with E-state index in [2.05, 4.69) is 10.9 Å². The smallest absolute Gasteiger partial charge is 0.276 e. The van der Waals surface area contributed by atoms with Crippen LogP contribution in [-0.2, 0) is 9.59 Å². The van der Waals surface area contributed by atoms with Crippen molar-refractivity contribution in [3.05, 3.63) is 70.0 Å². The van der Waals surface area contributed by atoms with E-state index in [-0.39, 0.29) is 11.6 Å². The lowest BCUT2D eigenvalue weighted by atomic mass is 10.1. The van der Waals surface area contributed by atoms with E-state index >= 15 is 0 Å². The number of hydrogen-bond acceptors (Lipinski definition) is 3. The largest absolute Gasteiger partial charge is 0.483 e. The average Bonchev–Trinajstić information content (AvgIpc) is 2.60. The van der Waals surface area contributed by atoms with Gasteiger partial charge in [0.25, 0.3) is 11.8 Å². The van der Waals surface area contributed by atoms with Crippen molar-refractivity contribution >= 4 is 29.5 Å². The SMILES string of the molecule is Cc1cccc(C)c1OCC(=O)NNC(=O)/C=C/c1ccc(F)c(Cl)c1. The molecule has 0 heterocycles. The van der Waals surface area contributed by atoms with E-state index in [1.165, 1.54) is 30.4 Å². The maximum Gasteiger partial charge on any atom is 0.276 e. The van der Waals surface area contributed by atoms with Gasteiger partial charge in [0.1, 0.15) is 11.6 Å². The third-order valence-corrected chi connectivity index (χ3v) is 3.74. The van der Waals surface area contributed by atoms with Crippen molar-refractivity contribution in [2.75, 3.05) is 6.61 Å². The number of hydrazine groups is 1. The van der Waals surface area contributed by atoms with Gasteiger partial charge in [-0.3, -0.25) is 20.4 Å². The molecular weight excluding hydrogens is 359 g/mol. The summed E-state index contributed by atoms with van der Waals surface area (Å²) < 4.78 is 18.5. The minimum atomic E-state index is -0.550.